The summed E-state index contributed by atoms with van der Waals surface area (Å²) in [6.45, 7) is 2.24. The molecule has 0 saturated carbocycles. The number of pyridine rings is 1. The van der Waals surface area contributed by atoms with E-state index in [9.17, 15) is 0 Å². The number of aromatic nitrogens is 1. The Hall–Kier alpha value is -0.850. The Morgan fingerprint density at radius 1 is 1.23 bits per heavy atom. The van der Waals surface area contributed by atoms with Crippen LogP contribution in [-0.2, 0) is 6.42 Å². The molecule has 0 aliphatic heterocycles. The van der Waals surface area contributed by atoms with Crippen LogP contribution in [0.4, 0.5) is 0 Å². The molecule has 13 heavy (non-hydrogen) atoms. The fourth-order valence-electron chi connectivity index (χ4n) is 1.42. The Morgan fingerprint density at radius 3 is 2.77 bits per heavy atom. The number of rotatable bonds is 6. The third kappa shape index (κ3) is 4.66. The standard InChI is InChI=1S/C12H18N/c1-2-3-4-5-6-8-12-9-7-10-13-11-12/h7,9-10H,2-6,8H2,1H3. The van der Waals surface area contributed by atoms with Gasteiger partial charge in [-0.1, -0.05) is 38.7 Å². The minimum atomic E-state index is 1.14. The van der Waals surface area contributed by atoms with Gasteiger partial charge in [0.15, 0.2) is 0 Å². The van der Waals surface area contributed by atoms with Crippen molar-refractivity contribution in [3.8, 4) is 0 Å². The molecule has 1 aromatic heterocycles. The van der Waals surface area contributed by atoms with E-state index >= 15 is 0 Å². The molecule has 1 radical (unpaired) electrons. The number of hydrogen-bond donors (Lipinski definition) is 0. The Kier molecular flexibility index (Phi) is 5.23. The van der Waals surface area contributed by atoms with E-state index < -0.39 is 0 Å². The van der Waals surface area contributed by atoms with Crippen LogP contribution in [0.3, 0.4) is 0 Å². The summed E-state index contributed by atoms with van der Waals surface area (Å²) < 4.78 is 0. The SMILES string of the molecule is CCCCCCCc1[c]nccc1. The molecule has 0 unspecified atom stereocenters. The average molecular weight is 176 g/mol. The molecule has 0 N–H and O–H groups in total. The Labute approximate surface area is 81.2 Å². The second kappa shape index (κ2) is 6.64. The third-order valence-electron chi connectivity index (χ3n) is 2.22. The van der Waals surface area contributed by atoms with Crippen molar-refractivity contribution in [3.63, 3.8) is 0 Å². The average Bonchev–Trinajstić information content (AvgIpc) is 2.19. The first-order chi connectivity index (χ1) is 6.43. The van der Waals surface area contributed by atoms with Gasteiger partial charge in [-0.15, -0.1) is 0 Å². The molecular formula is C12H18N. The monoisotopic (exact) mass is 176 g/mol. The van der Waals surface area contributed by atoms with Crippen molar-refractivity contribution in [2.75, 3.05) is 0 Å². The van der Waals surface area contributed by atoms with Crippen LogP contribution in [0.15, 0.2) is 18.3 Å². The van der Waals surface area contributed by atoms with Crippen molar-refractivity contribution in [2.24, 2.45) is 0 Å². The normalized spacial score (nSPS) is 10.2. The van der Waals surface area contributed by atoms with Crippen LogP contribution in [0.1, 0.15) is 44.6 Å². The van der Waals surface area contributed by atoms with Crippen molar-refractivity contribution in [3.05, 3.63) is 30.1 Å². The lowest BCUT2D eigenvalue weighted by atomic mass is 10.1. The summed E-state index contributed by atoms with van der Waals surface area (Å²) in [7, 11) is 0. The van der Waals surface area contributed by atoms with Gasteiger partial charge in [0, 0.05) is 6.20 Å². The highest BCUT2D eigenvalue weighted by Gasteiger charge is 1.92. The molecule has 0 spiro atoms. The minimum Gasteiger partial charge on any atom is -0.254 e. The number of unbranched alkanes of at least 4 members (excludes halogenated alkanes) is 4. The fourth-order valence-corrected chi connectivity index (χ4v) is 1.42. The predicted octanol–water partition coefficient (Wildman–Crippen LogP) is 3.39. The van der Waals surface area contributed by atoms with E-state index in [1.54, 1.807) is 6.20 Å². The van der Waals surface area contributed by atoms with E-state index in [4.69, 9.17) is 0 Å². The summed E-state index contributed by atoms with van der Waals surface area (Å²) in [5.41, 5.74) is 1.25. The molecule has 0 aromatic carbocycles. The van der Waals surface area contributed by atoms with Crippen LogP contribution in [0.25, 0.3) is 0 Å². The molecule has 0 bridgehead atoms. The fraction of sp³-hybridized carbons (Fsp3) is 0.583. The molecule has 0 fully saturated rings. The van der Waals surface area contributed by atoms with Gasteiger partial charge in [-0.3, -0.25) is 4.98 Å². The first kappa shape index (κ1) is 10.2. The molecule has 1 aromatic rings. The summed E-state index contributed by atoms with van der Waals surface area (Å²) in [4.78, 5) is 3.97. The van der Waals surface area contributed by atoms with Crippen molar-refractivity contribution in [1.29, 1.82) is 0 Å². The summed E-state index contributed by atoms with van der Waals surface area (Å²) in [6, 6.07) is 4.09. The summed E-state index contributed by atoms with van der Waals surface area (Å²) in [6.07, 6.45) is 12.6. The Morgan fingerprint density at radius 2 is 2.08 bits per heavy atom. The van der Waals surface area contributed by atoms with Crippen molar-refractivity contribution in [1.82, 2.24) is 4.98 Å². The van der Waals surface area contributed by atoms with Gasteiger partial charge in [-0.05, 0) is 24.5 Å². The van der Waals surface area contributed by atoms with Gasteiger partial charge in [-0.2, -0.15) is 0 Å². The molecule has 1 heteroatoms. The second-order valence-corrected chi connectivity index (χ2v) is 3.44. The zero-order valence-electron chi connectivity index (χ0n) is 8.42. The molecule has 71 valence electrons. The molecule has 0 aliphatic rings. The summed E-state index contributed by atoms with van der Waals surface area (Å²) in [5.74, 6) is 0. The summed E-state index contributed by atoms with van der Waals surface area (Å²) >= 11 is 0. The Bertz CT molecular complexity index is 206. The number of nitrogens with zero attached hydrogens (tertiary/aromatic N) is 1. The lowest BCUT2D eigenvalue weighted by Gasteiger charge is -1.99. The van der Waals surface area contributed by atoms with Crippen molar-refractivity contribution < 1.29 is 0 Å². The largest absolute Gasteiger partial charge is 0.254 e. The van der Waals surface area contributed by atoms with Crippen molar-refractivity contribution in [2.45, 2.75) is 45.4 Å². The van der Waals surface area contributed by atoms with Crippen LogP contribution >= 0.6 is 0 Å². The molecule has 0 aliphatic carbocycles. The predicted molar refractivity (Wildman–Crippen MR) is 55.5 cm³/mol. The highest BCUT2D eigenvalue weighted by atomic mass is 14.6. The van der Waals surface area contributed by atoms with Gasteiger partial charge < -0.3 is 0 Å². The van der Waals surface area contributed by atoms with E-state index in [1.165, 1.54) is 37.7 Å². The van der Waals surface area contributed by atoms with Crippen molar-refractivity contribution >= 4 is 0 Å². The minimum absolute atomic E-state index is 1.14. The quantitative estimate of drug-likeness (QED) is 0.605. The maximum absolute atomic E-state index is 3.97. The zero-order valence-corrected chi connectivity index (χ0v) is 8.42. The van der Waals surface area contributed by atoms with E-state index in [-0.39, 0.29) is 0 Å². The molecular weight excluding hydrogens is 158 g/mol. The maximum Gasteiger partial charge on any atom is 0.0920 e. The number of hydrogen-bond acceptors (Lipinski definition) is 1. The van der Waals surface area contributed by atoms with Crippen LogP contribution in [-0.4, -0.2) is 4.98 Å². The summed E-state index contributed by atoms with van der Waals surface area (Å²) in [5, 5.41) is 0. The highest BCUT2D eigenvalue weighted by molar-refractivity contribution is 5.06. The van der Waals surface area contributed by atoms with Gasteiger partial charge >= 0.3 is 0 Å². The van der Waals surface area contributed by atoms with Gasteiger partial charge in [-0.25, -0.2) is 0 Å². The maximum atomic E-state index is 3.97. The van der Waals surface area contributed by atoms with E-state index in [1.807, 2.05) is 6.07 Å². The number of aryl methyl sites for hydroxylation is 1. The van der Waals surface area contributed by atoms with Gasteiger partial charge in [0.1, 0.15) is 0 Å². The molecule has 1 heterocycles. The van der Waals surface area contributed by atoms with Crippen LogP contribution in [0.5, 0.6) is 0 Å². The van der Waals surface area contributed by atoms with Gasteiger partial charge in [0.05, 0.1) is 6.20 Å². The van der Waals surface area contributed by atoms with E-state index in [0.717, 1.165) is 6.42 Å². The first-order valence-electron chi connectivity index (χ1n) is 5.25. The topological polar surface area (TPSA) is 12.9 Å². The molecule has 0 atom stereocenters. The highest BCUT2D eigenvalue weighted by Crippen LogP contribution is 2.06. The lowest BCUT2D eigenvalue weighted by Crippen LogP contribution is -1.86. The van der Waals surface area contributed by atoms with Crippen LogP contribution in [0.2, 0.25) is 0 Å². The smallest absolute Gasteiger partial charge is 0.0920 e. The van der Waals surface area contributed by atoms with E-state index in [0.29, 0.717) is 0 Å². The second-order valence-electron chi connectivity index (χ2n) is 3.44. The lowest BCUT2D eigenvalue weighted by molar-refractivity contribution is 0.631. The van der Waals surface area contributed by atoms with Gasteiger partial charge in [0.25, 0.3) is 0 Å². The third-order valence-corrected chi connectivity index (χ3v) is 2.22. The first-order valence-corrected chi connectivity index (χ1v) is 5.25. The van der Waals surface area contributed by atoms with Crippen LogP contribution in [0, 0.1) is 6.20 Å². The Balaban J connectivity index is 2.07. The molecule has 0 saturated heterocycles. The van der Waals surface area contributed by atoms with E-state index in [2.05, 4.69) is 24.2 Å². The molecule has 1 nitrogen and oxygen atoms in total. The zero-order chi connectivity index (χ0) is 9.36. The molecule has 0 amide bonds. The van der Waals surface area contributed by atoms with Gasteiger partial charge in [0.2, 0.25) is 0 Å². The molecule has 1 rings (SSSR count). The van der Waals surface area contributed by atoms with Crippen LogP contribution < -0.4 is 0 Å².